The first-order valence-electron chi connectivity index (χ1n) is 45.5. The zero-order chi connectivity index (χ0) is 91.2. The summed E-state index contributed by atoms with van der Waals surface area (Å²) >= 11 is 0. The number of hydrogen-bond acceptors (Lipinski definition) is 7. The van der Waals surface area contributed by atoms with Crippen LogP contribution in [0.2, 0.25) is 0 Å². The van der Waals surface area contributed by atoms with Gasteiger partial charge in [0, 0.05) is 97.4 Å². The summed E-state index contributed by atoms with van der Waals surface area (Å²) in [5.74, 6) is -0.0625. The molecule has 136 heavy (non-hydrogen) atoms. The van der Waals surface area contributed by atoms with Crippen LogP contribution >= 0.6 is 0 Å². The summed E-state index contributed by atoms with van der Waals surface area (Å²) < 4.78 is 0. The number of pyridine rings is 5. The number of carbonyl (C=O) groups is 1. The normalized spacial score (nSPS) is 12.8. The number of allylic oxidation sites excluding steroid dienone is 2. The monoisotopic (exact) mass is 2290 g/mol. The minimum atomic E-state index is -0.125. The van der Waals surface area contributed by atoms with Crippen molar-refractivity contribution in [3.8, 4) is 89.7 Å². The van der Waals surface area contributed by atoms with Gasteiger partial charge in [-0.1, -0.05) is 314 Å². The van der Waals surface area contributed by atoms with E-state index in [1.807, 2.05) is 110 Å². The van der Waals surface area contributed by atoms with Crippen molar-refractivity contribution >= 4 is 103 Å². The van der Waals surface area contributed by atoms with E-state index >= 15 is 0 Å². The Kier molecular flexibility index (Phi) is 27.2. The molecule has 3 aliphatic carbocycles. The second-order valence-electron chi connectivity index (χ2n) is 36.2. The number of aryl methyl sites for hydroxylation is 2. The molecule has 7 nitrogen and oxygen atoms in total. The molecule has 0 bridgehead atoms. The molecular formula is C126H96Ir3N5O2-5. The number of aliphatic hydroxyl groups excluding tert-OH is 1. The Morgan fingerprint density at radius 3 is 0.971 bits per heavy atom. The molecule has 10 heteroatoms. The standard InChI is InChI=1S/C33H24N.2C32H22N.C13H12N.C11H8N.C5H8O2.3Ir/c1-20-12-17-30(34-19-20)21-13-14-27-29(18-21)33(2,3)28-16-15-26-24-10-5-4-8-22(24)23-9-6-7-11-25(23)31(26)32(27)28;1-32(2)29-17-20(31-13-7-8-16-33-31)14-15-25(29)28-18-26-23-11-5-3-9-21(23)22-10-4-6-12-24(22)27(26)19-30(28)32;1-32(2)27-17-16-25-23-11-4-3-9-21(23)22-10-5-6-12-24(22)30(25)31(27)26-15-14-20(19-28(26)32)29-13-7-8-18-33-29;1-2-11-6-8-12(9-7-11)13-5-3-4-10-14-13;1-2-6-10(7-3-1)11-8-4-5-9-12-11;1-4(6)3-5(2)7;;;/h4-12,14-19H,1-3H3;2*3-13,15-19H,1-2H3;3-8,10H,2H2,1H3;1-6,8-9H;3,6H,1-2H3;;;/q5*-1;;;;. The topological polar surface area (TPSA) is 102 Å². The van der Waals surface area contributed by atoms with Crippen molar-refractivity contribution < 1.29 is 70.2 Å². The Morgan fingerprint density at radius 1 is 0.301 bits per heavy atom. The number of aromatic nitrogens is 5. The molecule has 0 unspecified atom stereocenters. The molecule has 0 aliphatic heterocycles. The van der Waals surface area contributed by atoms with Crippen LogP contribution < -0.4 is 0 Å². The zero-order valence-electron chi connectivity index (χ0n) is 77.2. The molecule has 0 spiro atoms. The van der Waals surface area contributed by atoms with E-state index in [4.69, 9.17) is 5.11 Å². The molecule has 0 saturated carbocycles. The third-order valence-corrected chi connectivity index (χ3v) is 26.8. The van der Waals surface area contributed by atoms with Crippen LogP contribution in [0.5, 0.6) is 0 Å². The molecule has 22 aromatic rings. The Bertz CT molecular complexity index is 8130. The van der Waals surface area contributed by atoms with Gasteiger partial charge >= 0.3 is 0 Å². The Morgan fingerprint density at radius 2 is 0.625 bits per heavy atom. The van der Waals surface area contributed by atoms with Crippen LogP contribution in [0, 0.1) is 37.3 Å². The van der Waals surface area contributed by atoms with Crippen molar-refractivity contribution in [2.24, 2.45) is 0 Å². The average molecular weight is 2290 g/mol. The summed E-state index contributed by atoms with van der Waals surface area (Å²) in [7, 11) is 0. The SMILES string of the molecule is CC(=O)C=C(C)O.CC1(C)c2cc(-c3ccccn3)[c-]cc2-c2c1ccc1c3ccccc3c3ccccc3c21.CC1(C)c2cc(-c3ccccn3)[c-]cc2-c2cc3c4ccccc4c4ccccc4c3cc21.CCc1c[c-]c(-c2ccccn2)cc1.Cc1ccc(-c2[c-]cc3c(c2)C(C)(C)c2ccc4c5ccccc5c5ccccc5c4c2-3)nc1.[Ir].[Ir].[Ir].[c-]1ccccc1-c1ccccn1. The minimum Gasteiger partial charge on any atom is -0.512 e. The molecule has 25 rings (SSSR count). The number of aliphatic hydroxyl groups is 1. The first kappa shape index (κ1) is 93.8. The van der Waals surface area contributed by atoms with E-state index in [0.717, 1.165) is 62.7 Å². The van der Waals surface area contributed by atoms with E-state index in [1.165, 1.54) is 195 Å². The van der Waals surface area contributed by atoms with Crippen LogP contribution in [0.25, 0.3) is 187 Å². The van der Waals surface area contributed by atoms with Crippen molar-refractivity contribution in [1.29, 1.82) is 0 Å². The van der Waals surface area contributed by atoms with Gasteiger partial charge in [-0.2, -0.15) is 0 Å². The third-order valence-electron chi connectivity index (χ3n) is 26.8. The van der Waals surface area contributed by atoms with Gasteiger partial charge in [0.05, 0.1) is 5.76 Å². The quantitative estimate of drug-likeness (QED) is 0.0734. The molecule has 0 fully saturated rings. The van der Waals surface area contributed by atoms with Crippen LogP contribution in [-0.2, 0) is 87.8 Å². The summed E-state index contributed by atoms with van der Waals surface area (Å²) in [5.41, 5.74) is 28.4. The van der Waals surface area contributed by atoms with Gasteiger partial charge in [-0.25, -0.2) is 0 Å². The summed E-state index contributed by atoms with van der Waals surface area (Å²) in [5, 5.41) is 32.2. The average Bonchev–Trinajstić information content (AvgIpc) is 1.33. The maximum absolute atomic E-state index is 10.0. The minimum absolute atomic E-state index is 0. The van der Waals surface area contributed by atoms with Gasteiger partial charge < -0.3 is 30.0 Å². The number of hydrogen-bond donors (Lipinski definition) is 1. The van der Waals surface area contributed by atoms with E-state index in [9.17, 15) is 4.79 Å². The zero-order valence-corrected chi connectivity index (χ0v) is 84.4. The molecule has 5 heterocycles. The van der Waals surface area contributed by atoms with E-state index in [1.54, 1.807) is 12.4 Å². The van der Waals surface area contributed by atoms with Crippen LogP contribution in [0.15, 0.2) is 389 Å². The smallest absolute Gasteiger partial charge is 0.155 e. The Balaban J connectivity index is 0.000000120. The molecule has 0 amide bonds. The fourth-order valence-electron chi connectivity index (χ4n) is 20.2. The molecule has 669 valence electrons. The molecule has 17 aromatic carbocycles. The van der Waals surface area contributed by atoms with Crippen molar-refractivity contribution in [3.63, 3.8) is 0 Å². The predicted octanol–water partition coefficient (Wildman–Crippen LogP) is 31.9. The summed E-state index contributed by atoms with van der Waals surface area (Å²) in [4.78, 5) is 32.3. The number of fused-ring (bicyclic) bond motifs is 29. The van der Waals surface area contributed by atoms with Gasteiger partial charge in [-0.15, -0.1) is 159 Å². The molecule has 0 saturated heterocycles. The summed E-state index contributed by atoms with van der Waals surface area (Å²) in [6.07, 6.45) is 11.4. The third kappa shape index (κ3) is 17.6. The van der Waals surface area contributed by atoms with Crippen LogP contribution in [0.3, 0.4) is 0 Å². The van der Waals surface area contributed by atoms with E-state index in [0.29, 0.717) is 0 Å². The number of benzene rings is 17. The van der Waals surface area contributed by atoms with Crippen molar-refractivity contribution in [3.05, 3.63) is 463 Å². The summed E-state index contributed by atoms with van der Waals surface area (Å²) in [6, 6.07) is 140. The Hall–Kier alpha value is -14.0. The van der Waals surface area contributed by atoms with Gasteiger partial charge in [0.1, 0.15) is 0 Å². The van der Waals surface area contributed by atoms with Crippen molar-refractivity contribution in [2.45, 2.75) is 91.9 Å². The first-order valence-corrected chi connectivity index (χ1v) is 45.5. The van der Waals surface area contributed by atoms with Gasteiger partial charge in [0.2, 0.25) is 0 Å². The molecule has 3 radical (unpaired) electrons. The van der Waals surface area contributed by atoms with Gasteiger partial charge in [-0.05, 0) is 226 Å². The number of carbonyl (C=O) groups excluding carboxylic acids is 1. The molecule has 5 aromatic heterocycles. The fraction of sp³-hybridized carbons (Fsp3) is 0.111. The van der Waals surface area contributed by atoms with Gasteiger partial charge in [-0.3, -0.25) is 4.79 Å². The molecule has 0 atom stereocenters. The van der Waals surface area contributed by atoms with Crippen LogP contribution in [0.1, 0.15) is 107 Å². The summed E-state index contributed by atoms with van der Waals surface area (Å²) in [6.45, 7) is 21.1. The molecule has 3 aliphatic rings. The maximum Gasteiger partial charge on any atom is 0.155 e. The second-order valence-corrected chi connectivity index (χ2v) is 36.2. The van der Waals surface area contributed by atoms with E-state index in [2.05, 4.69) is 365 Å². The van der Waals surface area contributed by atoms with Crippen LogP contribution in [-0.4, -0.2) is 35.8 Å². The van der Waals surface area contributed by atoms with Gasteiger partial charge in [0.25, 0.3) is 0 Å². The number of rotatable bonds is 7. The number of ketones is 1. The van der Waals surface area contributed by atoms with E-state index < -0.39 is 0 Å². The van der Waals surface area contributed by atoms with E-state index in [-0.39, 0.29) is 88.1 Å². The van der Waals surface area contributed by atoms with Gasteiger partial charge in [0.15, 0.2) is 5.78 Å². The second kappa shape index (κ2) is 39.5. The predicted molar refractivity (Wildman–Crippen MR) is 554 cm³/mol. The van der Waals surface area contributed by atoms with Crippen molar-refractivity contribution in [1.82, 2.24) is 24.9 Å². The maximum atomic E-state index is 10.0. The fourth-order valence-corrected chi connectivity index (χ4v) is 20.2. The molecular weight excluding hydrogens is 2190 g/mol. The molecule has 1 N–H and O–H groups in total. The first-order chi connectivity index (χ1) is 64.8. The van der Waals surface area contributed by atoms with Crippen LogP contribution in [0.4, 0.5) is 0 Å². The number of nitrogens with zero attached hydrogens (tertiary/aromatic N) is 5. The Labute approximate surface area is 835 Å². The largest absolute Gasteiger partial charge is 0.512 e. The van der Waals surface area contributed by atoms with Crippen molar-refractivity contribution in [2.75, 3.05) is 0 Å².